The van der Waals surface area contributed by atoms with Crippen LogP contribution in [0.2, 0.25) is 0 Å². The van der Waals surface area contributed by atoms with Crippen LogP contribution in [0, 0.1) is 0 Å². The molecule has 0 bridgehead atoms. The zero-order chi connectivity index (χ0) is 18.2. The molecule has 0 spiro atoms. The second kappa shape index (κ2) is 8.80. The van der Waals surface area contributed by atoms with Gasteiger partial charge in [-0.2, -0.15) is 0 Å². The monoisotopic (exact) mass is 362 g/mol. The molecule has 0 fully saturated rings. The highest BCUT2D eigenvalue weighted by molar-refractivity contribution is 7.95. The lowest BCUT2D eigenvalue weighted by atomic mass is 10.4. The zero-order valence-electron chi connectivity index (χ0n) is 14.9. The van der Waals surface area contributed by atoms with E-state index in [1.165, 1.54) is 15.9 Å². The first-order valence-corrected chi connectivity index (χ1v) is 10.6. The Bertz CT molecular complexity index is 784. The maximum absolute atomic E-state index is 11.5. The van der Waals surface area contributed by atoms with E-state index in [-0.39, 0.29) is 0 Å². The number of rotatable bonds is 7. The first-order valence-electron chi connectivity index (χ1n) is 8.82. The summed E-state index contributed by atoms with van der Waals surface area (Å²) in [6, 6.07) is 31.3. The topological polar surface area (TPSA) is 26.3 Å². The smallest absolute Gasteiger partial charge is 0.126 e. The molecule has 3 aromatic carbocycles. The van der Waals surface area contributed by atoms with E-state index in [4.69, 9.17) is 4.74 Å². The van der Waals surface area contributed by atoms with Gasteiger partial charge in [-0.15, -0.1) is 0 Å². The molecule has 2 nitrogen and oxygen atoms in total. The molecule has 3 aromatic rings. The number of ether oxygens (including phenoxy) is 1. The molecular weight excluding hydrogens is 339 g/mol. The van der Waals surface area contributed by atoms with Gasteiger partial charge < -0.3 is 9.53 Å². The van der Waals surface area contributed by atoms with E-state index in [1.807, 2.05) is 25.1 Å². The van der Waals surface area contributed by atoms with Crippen molar-refractivity contribution in [2.75, 3.05) is 6.61 Å². The van der Waals surface area contributed by atoms with E-state index >= 15 is 0 Å². The Hall–Kier alpha value is -2.41. The summed E-state index contributed by atoms with van der Waals surface area (Å²) in [7, 11) is 0. The molecule has 0 atom stereocenters. The molecule has 132 valence electrons. The highest BCUT2D eigenvalue weighted by atomic mass is 31.2. The SMILES string of the molecule is CCOC(CC=O)=P(c1ccccc1)(c1ccccc1)c1ccccc1. The number of hydrogen-bond acceptors (Lipinski definition) is 2. The van der Waals surface area contributed by atoms with Gasteiger partial charge in [-0.25, -0.2) is 0 Å². The van der Waals surface area contributed by atoms with Gasteiger partial charge in [-0.1, -0.05) is 91.0 Å². The molecule has 0 aliphatic carbocycles. The fourth-order valence-electron chi connectivity index (χ4n) is 3.36. The third-order valence-corrected chi connectivity index (χ3v) is 8.65. The third kappa shape index (κ3) is 3.44. The van der Waals surface area contributed by atoms with Crippen molar-refractivity contribution in [1.29, 1.82) is 0 Å². The van der Waals surface area contributed by atoms with Crippen molar-refractivity contribution in [3.8, 4) is 0 Å². The Balaban J connectivity index is 2.51. The van der Waals surface area contributed by atoms with Crippen LogP contribution >= 0.6 is 6.89 Å². The molecule has 0 aliphatic heterocycles. The second-order valence-electron chi connectivity index (χ2n) is 5.88. The highest BCUT2D eigenvalue weighted by Crippen LogP contribution is 2.46. The average Bonchev–Trinajstić information content (AvgIpc) is 2.71. The summed E-state index contributed by atoms with van der Waals surface area (Å²) >= 11 is 0. The highest BCUT2D eigenvalue weighted by Gasteiger charge is 2.30. The van der Waals surface area contributed by atoms with Crippen LogP contribution in [0.4, 0.5) is 0 Å². The lowest BCUT2D eigenvalue weighted by Gasteiger charge is -2.31. The standard InChI is InChI=1S/C23H23O2P/c1-2-25-23(18-19-24)26(20-12-6-3-7-13-20,21-14-8-4-9-15-21)22-16-10-5-11-17-22/h3-17,19H,2,18H2,1H3. The van der Waals surface area contributed by atoms with E-state index in [0.717, 1.165) is 11.8 Å². The number of benzene rings is 3. The number of hydrogen-bond donors (Lipinski definition) is 0. The molecule has 26 heavy (non-hydrogen) atoms. The minimum atomic E-state index is -2.23. The lowest BCUT2D eigenvalue weighted by molar-refractivity contribution is -0.107. The molecule has 3 heteroatoms. The quantitative estimate of drug-likeness (QED) is 0.473. The summed E-state index contributed by atoms with van der Waals surface area (Å²) in [6.07, 6.45) is 1.24. The van der Waals surface area contributed by atoms with Crippen molar-refractivity contribution in [3.63, 3.8) is 0 Å². The van der Waals surface area contributed by atoms with Gasteiger partial charge in [0.2, 0.25) is 0 Å². The maximum Gasteiger partial charge on any atom is 0.126 e. The predicted molar refractivity (Wildman–Crippen MR) is 112 cm³/mol. The van der Waals surface area contributed by atoms with Gasteiger partial charge in [0.25, 0.3) is 0 Å². The molecule has 0 radical (unpaired) electrons. The van der Waals surface area contributed by atoms with Crippen molar-refractivity contribution >= 4 is 34.6 Å². The van der Waals surface area contributed by atoms with Crippen LogP contribution in [0.25, 0.3) is 0 Å². The third-order valence-electron chi connectivity index (χ3n) is 4.37. The molecule has 0 saturated heterocycles. The number of aldehydes is 1. The number of carbonyl (C=O) groups is 1. The number of carbonyl (C=O) groups excluding carboxylic acids is 1. The zero-order valence-corrected chi connectivity index (χ0v) is 15.8. The molecule has 0 heterocycles. The largest absolute Gasteiger partial charge is 0.349 e. The minimum Gasteiger partial charge on any atom is -0.349 e. The van der Waals surface area contributed by atoms with Crippen LogP contribution in [0.5, 0.6) is 0 Å². The summed E-state index contributed by atoms with van der Waals surface area (Å²) in [5, 5.41) is 3.59. The Morgan fingerprint density at radius 3 is 1.46 bits per heavy atom. The maximum atomic E-state index is 11.5. The van der Waals surface area contributed by atoms with Crippen molar-refractivity contribution in [3.05, 3.63) is 91.0 Å². The van der Waals surface area contributed by atoms with Crippen molar-refractivity contribution in [2.24, 2.45) is 0 Å². The summed E-state index contributed by atoms with van der Waals surface area (Å²) in [6.45, 7) is 0.279. The summed E-state index contributed by atoms with van der Waals surface area (Å²) < 4.78 is 6.15. The van der Waals surface area contributed by atoms with Crippen LogP contribution in [0.15, 0.2) is 91.0 Å². The molecule has 0 saturated carbocycles. The van der Waals surface area contributed by atoms with E-state index < -0.39 is 6.89 Å². The Morgan fingerprint density at radius 1 is 0.769 bits per heavy atom. The lowest BCUT2D eigenvalue weighted by Crippen LogP contribution is -2.31. The van der Waals surface area contributed by atoms with E-state index in [9.17, 15) is 4.79 Å². The van der Waals surface area contributed by atoms with Gasteiger partial charge in [0.1, 0.15) is 6.29 Å². The summed E-state index contributed by atoms with van der Waals surface area (Å²) in [5.74, 6) is 0. The van der Waals surface area contributed by atoms with Gasteiger partial charge in [-0.3, -0.25) is 0 Å². The Morgan fingerprint density at radius 2 is 1.15 bits per heavy atom. The predicted octanol–water partition coefficient (Wildman–Crippen LogP) is 3.74. The molecule has 0 N–H and O–H groups in total. The first kappa shape index (κ1) is 18.4. The van der Waals surface area contributed by atoms with Crippen LogP contribution in [0.3, 0.4) is 0 Å². The Kier molecular flexibility index (Phi) is 6.22. The molecule has 0 amide bonds. The van der Waals surface area contributed by atoms with Crippen LogP contribution in [0.1, 0.15) is 13.3 Å². The van der Waals surface area contributed by atoms with Gasteiger partial charge in [-0.05, 0) is 22.8 Å². The van der Waals surface area contributed by atoms with Crippen LogP contribution in [-0.4, -0.2) is 18.4 Å². The van der Waals surface area contributed by atoms with E-state index in [1.54, 1.807) is 0 Å². The van der Waals surface area contributed by atoms with Crippen LogP contribution in [-0.2, 0) is 9.53 Å². The Labute approximate surface area is 155 Å². The fourth-order valence-corrected chi connectivity index (χ4v) is 7.65. The first-order chi connectivity index (χ1) is 12.8. The van der Waals surface area contributed by atoms with Crippen molar-refractivity contribution < 1.29 is 9.53 Å². The van der Waals surface area contributed by atoms with E-state index in [0.29, 0.717) is 13.0 Å². The normalized spacial score (nSPS) is 11.1. The molecular formula is C23H23O2P. The molecule has 3 rings (SSSR count). The van der Waals surface area contributed by atoms with Gasteiger partial charge in [0.15, 0.2) is 0 Å². The average molecular weight is 362 g/mol. The molecule has 0 aliphatic rings. The summed E-state index contributed by atoms with van der Waals surface area (Å²) in [5.41, 5.74) is 0.860. The van der Waals surface area contributed by atoms with Gasteiger partial charge in [0, 0.05) is 6.89 Å². The second-order valence-corrected chi connectivity index (χ2v) is 9.26. The van der Waals surface area contributed by atoms with Gasteiger partial charge in [0.05, 0.1) is 18.5 Å². The van der Waals surface area contributed by atoms with Gasteiger partial charge >= 0.3 is 0 Å². The van der Waals surface area contributed by atoms with Crippen molar-refractivity contribution in [1.82, 2.24) is 0 Å². The summed E-state index contributed by atoms with van der Waals surface area (Å²) in [4.78, 5) is 11.5. The van der Waals surface area contributed by atoms with Crippen molar-refractivity contribution in [2.45, 2.75) is 13.3 Å². The fraction of sp³-hybridized carbons (Fsp3) is 0.130. The van der Waals surface area contributed by atoms with E-state index in [2.05, 4.69) is 72.8 Å². The molecule has 0 unspecified atom stereocenters. The molecule has 0 aromatic heterocycles. The minimum absolute atomic E-state index is 0.292. The van der Waals surface area contributed by atoms with Crippen LogP contribution < -0.4 is 15.9 Å².